The number of thiazole rings is 1. The highest BCUT2D eigenvalue weighted by atomic mass is 32.1. The number of nitrogens with one attached hydrogen (secondary N) is 1. The van der Waals surface area contributed by atoms with Crippen molar-refractivity contribution >= 4 is 35.1 Å². The second-order valence-electron chi connectivity index (χ2n) is 11.3. The fraction of sp³-hybridized carbons (Fsp3) is 0.567. The molecule has 0 aliphatic heterocycles. The van der Waals surface area contributed by atoms with Crippen molar-refractivity contribution in [2.24, 2.45) is 17.8 Å². The lowest BCUT2D eigenvalue weighted by Gasteiger charge is -2.33. The van der Waals surface area contributed by atoms with E-state index in [4.69, 9.17) is 9.47 Å². The highest BCUT2D eigenvalue weighted by Gasteiger charge is 2.37. The minimum atomic E-state index is -0.777. The quantitative estimate of drug-likeness (QED) is 0.306. The Hall–Kier alpha value is -3.41. The summed E-state index contributed by atoms with van der Waals surface area (Å²) in [6, 6.07) is 2.21. The number of carbonyl (C=O) groups is 4. The molecule has 0 radical (unpaired) electrons. The standard InChI is InChI=1S/C30H39F2N3O6S/c1-16(2)25(35(5)29(38)20-7-8-20)14-26(41-18(4)36)28-34-24(15-42-28)27(37)33-23(9-17(3)30(39)40-6)12-19-10-21(31)13-22(32)11-19/h10-11,13,15-17,20,23,25-26H,7-9,12,14H2,1-6H3,(H,33,37). The molecule has 1 aliphatic carbocycles. The van der Waals surface area contributed by atoms with Gasteiger partial charge in [-0.1, -0.05) is 20.8 Å². The van der Waals surface area contributed by atoms with Crippen molar-refractivity contribution in [2.45, 2.75) is 78.0 Å². The van der Waals surface area contributed by atoms with Crippen LogP contribution in [0, 0.1) is 29.4 Å². The predicted octanol–water partition coefficient (Wildman–Crippen LogP) is 4.85. The van der Waals surface area contributed by atoms with Crippen molar-refractivity contribution < 1.29 is 37.4 Å². The first-order valence-corrected chi connectivity index (χ1v) is 14.9. The summed E-state index contributed by atoms with van der Waals surface area (Å²) in [5, 5.41) is 4.76. The number of amides is 2. The molecule has 2 aromatic rings. The first kappa shape index (κ1) is 33.1. The van der Waals surface area contributed by atoms with Crippen LogP contribution in [-0.4, -0.2) is 59.9 Å². The fourth-order valence-electron chi connectivity index (χ4n) is 5.01. The molecule has 3 rings (SSSR count). The third kappa shape index (κ3) is 9.30. The van der Waals surface area contributed by atoms with Gasteiger partial charge in [0.25, 0.3) is 5.91 Å². The van der Waals surface area contributed by atoms with Crippen LogP contribution in [0.3, 0.4) is 0 Å². The number of ether oxygens (including phenoxy) is 2. The number of esters is 2. The monoisotopic (exact) mass is 607 g/mol. The van der Waals surface area contributed by atoms with Crippen molar-refractivity contribution in [3.05, 3.63) is 51.5 Å². The summed E-state index contributed by atoms with van der Waals surface area (Å²) in [5.74, 6) is -3.47. The molecule has 2 amide bonds. The molecule has 0 saturated heterocycles. The first-order chi connectivity index (χ1) is 19.8. The van der Waals surface area contributed by atoms with Crippen LogP contribution in [0.1, 0.15) is 80.5 Å². The molecule has 1 N–H and O–H groups in total. The number of benzene rings is 1. The number of nitrogens with zero attached hydrogens (tertiary/aromatic N) is 2. The normalized spacial score (nSPS) is 15.8. The van der Waals surface area contributed by atoms with E-state index in [-0.39, 0.29) is 42.3 Å². The molecular formula is C30H39F2N3O6S. The molecule has 1 fully saturated rings. The van der Waals surface area contributed by atoms with Gasteiger partial charge in [0.15, 0.2) is 6.10 Å². The van der Waals surface area contributed by atoms with Crippen LogP contribution in [0.25, 0.3) is 0 Å². The van der Waals surface area contributed by atoms with Crippen LogP contribution in [0.2, 0.25) is 0 Å². The number of methoxy groups -OCH3 is 1. The summed E-state index contributed by atoms with van der Waals surface area (Å²) in [5.41, 5.74) is 0.380. The van der Waals surface area contributed by atoms with E-state index in [0.717, 1.165) is 30.2 Å². The number of hydrogen-bond donors (Lipinski definition) is 1. The maximum absolute atomic E-state index is 13.8. The minimum Gasteiger partial charge on any atom is -0.469 e. The average Bonchev–Trinajstić information content (AvgIpc) is 3.64. The van der Waals surface area contributed by atoms with Crippen LogP contribution in [-0.2, 0) is 30.3 Å². The van der Waals surface area contributed by atoms with Gasteiger partial charge < -0.3 is 19.7 Å². The summed E-state index contributed by atoms with van der Waals surface area (Å²) in [6.45, 7) is 6.91. The van der Waals surface area contributed by atoms with Crippen LogP contribution < -0.4 is 5.32 Å². The second kappa shape index (κ2) is 14.7. The largest absolute Gasteiger partial charge is 0.469 e. The van der Waals surface area contributed by atoms with Crippen LogP contribution in [0.5, 0.6) is 0 Å². The van der Waals surface area contributed by atoms with Crippen molar-refractivity contribution in [3.63, 3.8) is 0 Å². The minimum absolute atomic E-state index is 0.0392. The summed E-state index contributed by atoms with van der Waals surface area (Å²) in [6.07, 6.45) is 1.50. The van der Waals surface area contributed by atoms with E-state index in [1.54, 1.807) is 18.9 Å². The van der Waals surface area contributed by atoms with Gasteiger partial charge in [0, 0.05) is 49.8 Å². The van der Waals surface area contributed by atoms with Gasteiger partial charge in [0.1, 0.15) is 22.3 Å². The molecular weight excluding hydrogens is 568 g/mol. The zero-order valence-electron chi connectivity index (χ0n) is 24.8. The molecule has 9 nitrogen and oxygen atoms in total. The van der Waals surface area contributed by atoms with Gasteiger partial charge in [0.05, 0.1) is 13.0 Å². The van der Waals surface area contributed by atoms with Gasteiger partial charge in [-0.15, -0.1) is 11.3 Å². The van der Waals surface area contributed by atoms with Crippen molar-refractivity contribution in [1.29, 1.82) is 0 Å². The Labute approximate surface area is 249 Å². The maximum atomic E-state index is 13.8. The number of aromatic nitrogens is 1. The lowest BCUT2D eigenvalue weighted by Crippen LogP contribution is -2.42. The fourth-order valence-corrected chi connectivity index (χ4v) is 5.85. The summed E-state index contributed by atoms with van der Waals surface area (Å²) in [4.78, 5) is 56.3. The van der Waals surface area contributed by atoms with E-state index in [9.17, 15) is 28.0 Å². The van der Waals surface area contributed by atoms with Gasteiger partial charge >= 0.3 is 11.9 Å². The SMILES string of the molecule is COC(=O)C(C)CC(Cc1cc(F)cc(F)c1)NC(=O)c1csc(C(CC(C(C)C)N(C)C(=O)C2CC2)OC(C)=O)n1. The topological polar surface area (TPSA) is 115 Å². The molecule has 0 spiro atoms. The zero-order chi connectivity index (χ0) is 31.1. The molecule has 1 aromatic heterocycles. The zero-order valence-corrected chi connectivity index (χ0v) is 25.6. The molecule has 12 heteroatoms. The Morgan fingerprint density at radius 2 is 1.74 bits per heavy atom. The van der Waals surface area contributed by atoms with Crippen LogP contribution in [0.15, 0.2) is 23.6 Å². The van der Waals surface area contributed by atoms with E-state index in [0.29, 0.717) is 17.0 Å². The van der Waals surface area contributed by atoms with Gasteiger partial charge in [-0.2, -0.15) is 0 Å². The molecule has 1 aliphatic rings. The maximum Gasteiger partial charge on any atom is 0.308 e. The Balaban J connectivity index is 1.80. The lowest BCUT2D eigenvalue weighted by molar-refractivity contribution is -0.148. The Morgan fingerprint density at radius 3 is 2.29 bits per heavy atom. The van der Waals surface area contributed by atoms with E-state index in [2.05, 4.69) is 10.3 Å². The predicted molar refractivity (Wildman–Crippen MR) is 152 cm³/mol. The van der Waals surface area contributed by atoms with Crippen LogP contribution in [0.4, 0.5) is 8.78 Å². The van der Waals surface area contributed by atoms with E-state index in [1.165, 1.54) is 31.5 Å². The molecule has 4 atom stereocenters. The van der Waals surface area contributed by atoms with E-state index < -0.39 is 47.5 Å². The molecule has 0 bridgehead atoms. The molecule has 4 unspecified atom stereocenters. The number of halogens is 2. The van der Waals surface area contributed by atoms with Crippen LogP contribution >= 0.6 is 11.3 Å². The molecule has 1 heterocycles. The number of hydrogen-bond acceptors (Lipinski definition) is 8. The van der Waals surface area contributed by atoms with Gasteiger partial charge in [0.2, 0.25) is 5.91 Å². The Kier molecular flexibility index (Phi) is 11.6. The first-order valence-electron chi connectivity index (χ1n) is 14.0. The summed E-state index contributed by atoms with van der Waals surface area (Å²) < 4.78 is 38.1. The highest BCUT2D eigenvalue weighted by Crippen LogP contribution is 2.35. The third-order valence-electron chi connectivity index (χ3n) is 7.32. The van der Waals surface area contributed by atoms with Crippen molar-refractivity contribution in [3.8, 4) is 0 Å². The Morgan fingerprint density at radius 1 is 1.10 bits per heavy atom. The van der Waals surface area contributed by atoms with Gasteiger partial charge in [-0.3, -0.25) is 19.2 Å². The smallest absolute Gasteiger partial charge is 0.308 e. The van der Waals surface area contributed by atoms with Crippen molar-refractivity contribution in [1.82, 2.24) is 15.2 Å². The summed E-state index contributed by atoms with van der Waals surface area (Å²) >= 11 is 1.15. The highest BCUT2D eigenvalue weighted by molar-refractivity contribution is 7.09. The van der Waals surface area contributed by atoms with E-state index in [1.807, 2.05) is 13.8 Å². The number of carbonyl (C=O) groups excluding carboxylic acids is 4. The molecule has 1 saturated carbocycles. The summed E-state index contributed by atoms with van der Waals surface area (Å²) in [7, 11) is 3.02. The van der Waals surface area contributed by atoms with Gasteiger partial charge in [-0.25, -0.2) is 13.8 Å². The average molecular weight is 608 g/mol. The van der Waals surface area contributed by atoms with E-state index >= 15 is 0 Å². The van der Waals surface area contributed by atoms with Crippen molar-refractivity contribution in [2.75, 3.05) is 14.2 Å². The number of rotatable bonds is 14. The second-order valence-corrected chi connectivity index (χ2v) is 12.1. The third-order valence-corrected chi connectivity index (χ3v) is 8.25. The lowest BCUT2D eigenvalue weighted by atomic mass is 9.95. The molecule has 42 heavy (non-hydrogen) atoms. The molecule has 230 valence electrons. The van der Waals surface area contributed by atoms with Gasteiger partial charge in [-0.05, 0) is 49.3 Å². The molecule has 1 aromatic carbocycles. The Bertz CT molecular complexity index is 1260.